The van der Waals surface area contributed by atoms with Crippen LogP contribution in [0.4, 0.5) is 13.2 Å². The minimum atomic E-state index is -1.44. The van der Waals surface area contributed by atoms with E-state index < -0.39 is 17.5 Å². The van der Waals surface area contributed by atoms with E-state index in [1.54, 1.807) is 11.7 Å². The molecule has 2 rings (SSSR count). The summed E-state index contributed by atoms with van der Waals surface area (Å²) in [5.41, 5.74) is 2.27. The van der Waals surface area contributed by atoms with Crippen LogP contribution in [-0.4, -0.2) is 16.8 Å². The predicted molar refractivity (Wildman–Crippen MR) is 74.4 cm³/mol. The molecule has 114 valence electrons. The van der Waals surface area contributed by atoms with E-state index in [0.29, 0.717) is 12.0 Å². The largest absolute Gasteiger partial charge is 0.313 e. The summed E-state index contributed by atoms with van der Waals surface area (Å²) in [5, 5.41) is 7.34. The first-order chi connectivity index (χ1) is 9.96. The Bertz CT molecular complexity index is 614. The molecule has 0 saturated heterocycles. The maximum Gasteiger partial charge on any atom is 0.194 e. The molecule has 0 saturated carbocycles. The van der Waals surface area contributed by atoms with Gasteiger partial charge in [-0.15, -0.1) is 0 Å². The Labute approximate surface area is 121 Å². The second kappa shape index (κ2) is 6.30. The fraction of sp³-hybridized carbons (Fsp3) is 0.400. The molecule has 0 fully saturated rings. The molecule has 3 nitrogen and oxygen atoms in total. The van der Waals surface area contributed by atoms with Crippen molar-refractivity contribution in [3.63, 3.8) is 0 Å². The van der Waals surface area contributed by atoms with Crippen molar-refractivity contribution in [3.8, 4) is 0 Å². The first-order valence-electron chi connectivity index (χ1n) is 6.79. The molecule has 2 aromatic rings. The van der Waals surface area contributed by atoms with Crippen LogP contribution in [0.25, 0.3) is 0 Å². The van der Waals surface area contributed by atoms with Crippen LogP contribution < -0.4 is 5.32 Å². The summed E-state index contributed by atoms with van der Waals surface area (Å²) in [4.78, 5) is 0. The van der Waals surface area contributed by atoms with Gasteiger partial charge in [-0.3, -0.25) is 4.68 Å². The third-order valence-electron chi connectivity index (χ3n) is 3.56. The molecule has 0 aliphatic carbocycles. The number of likely N-dealkylation sites (N-methyl/N-ethyl adjacent to an activating group) is 1. The molecule has 0 aliphatic heterocycles. The average Bonchev–Trinajstić information content (AvgIpc) is 2.82. The molecule has 0 radical (unpaired) electrons. The number of nitrogens with zero attached hydrogens (tertiary/aromatic N) is 2. The van der Waals surface area contributed by atoms with Crippen molar-refractivity contribution in [2.24, 2.45) is 7.05 Å². The summed E-state index contributed by atoms with van der Waals surface area (Å²) in [5.74, 6) is -3.79. The second-order valence-corrected chi connectivity index (χ2v) is 4.95. The molecule has 21 heavy (non-hydrogen) atoms. The van der Waals surface area contributed by atoms with Crippen molar-refractivity contribution in [1.29, 1.82) is 0 Å². The zero-order chi connectivity index (χ0) is 15.6. The van der Waals surface area contributed by atoms with Crippen molar-refractivity contribution < 1.29 is 13.2 Å². The Balaban J connectivity index is 2.29. The van der Waals surface area contributed by atoms with Gasteiger partial charge in [0, 0.05) is 25.2 Å². The number of halogens is 3. The van der Waals surface area contributed by atoms with Crippen molar-refractivity contribution in [1.82, 2.24) is 15.1 Å². The van der Waals surface area contributed by atoms with Gasteiger partial charge in [-0.25, -0.2) is 13.2 Å². The van der Waals surface area contributed by atoms with Crippen LogP contribution in [0.5, 0.6) is 0 Å². The van der Waals surface area contributed by atoms with Crippen molar-refractivity contribution in [2.45, 2.75) is 25.8 Å². The van der Waals surface area contributed by atoms with Crippen molar-refractivity contribution in [2.75, 3.05) is 7.05 Å². The summed E-state index contributed by atoms with van der Waals surface area (Å²) in [6, 6.07) is 3.68. The molecule has 1 N–H and O–H groups in total. The van der Waals surface area contributed by atoms with Crippen LogP contribution in [0.1, 0.15) is 29.9 Å². The maximum absolute atomic E-state index is 13.4. The van der Waals surface area contributed by atoms with E-state index in [9.17, 15) is 13.2 Å². The summed E-state index contributed by atoms with van der Waals surface area (Å²) in [6.07, 6.45) is 1.32. The Morgan fingerprint density at radius 3 is 2.29 bits per heavy atom. The highest BCUT2D eigenvalue weighted by molar-refractivity contribution is 5.25. The summed E-state index contributed by atoms with van der Waals surface area (Å²) < 4.78 is 41.5. The lowest BCUT2D eigenvalue weighted by Gasteiger charge is -2.17. The van der Waals surface area contributed by atoms with E-state index in [4.69, 9.17) is 0 Å². The summed E-state index contributed by atoms with van der Waals surface area (Å²) >= 11 is 0. The Hall–Kier alpha value is -1.82. The van der Waals surface area contributed by atoms with E-state index in [-0.39, 0.29) is 6.04 Å². The molecule has 1 heterocycles. The molecule has 0 bridgehead atoms. The summed E-state index contributed by atoms with van der Waals surface area (Å²) in [6.45, 7) is 2.01. The van der Waals surface area contributed by atoms with Gasteiger partial charge in [-0.1, -0.05) is 6.92 Å². The molecule has 1 aromatic heterocycles. The van der Waals surface area contributed by atoms with Crippen LogP contribution in [0.2, 0.25) is 0 Å². The predicted octanol–water partition coefficient (Wildman–Crippen LogP) is 2.90. The maximum atomic E-state index is 13.4. The van der Waals surface area contributed by atoms with Crippen molar-refractivity contribution >= 4 is 0 Å². The van der Waals surface area contributed by atoms with Crippen LogP contribution in [-0.2, 0) is 19.9 Å². The normalized spacial score (nSPS) is 12.7. The van der Waals surface area contributed by atoms with Crippen molar-refractivity contribution in [3.05, 3.63) is 52.6 Å². The van der Waals surface area contributed by atoms with E-state index in [1.807, 2.05) is 20.0 Å². The van der Waals surface area contributed by atoms with Gasteiger partial charge in [0.2, 0.25) is 0 Å². The van der Waals surface area contributed by atoms with Gasteiger partial charge in [-0.05, 0) is 37.2 Å². The molecule has 1 atom stereocenters. The van der Waals surface area contributed by atoms with Gasteiger partial charge in [0.15, 0.2) is 17.5 Å². The van der Waals surface area contributed by atoms with Gasteiger partial charge in [0.25, 0.3) is 0 Å². The van der Waals surface area contributed by atoms with Gasteiger partial charge >= 0.3 is 0 Å². The van der Waals surface area contributed by atoms with Gasteiger partial charge in [-0.2, -0.15) is 5.10 Å². The number of aryl methyl sites for hydroxylation is 2. The van der Waals surface area contributed by atoms with Gasteiger partial charge < -0.3 is 5.32 Å². The zero-order valence-corrected chi connectivity index (χ0v) is 12.3. The standard InChI is InChI=1S/C15H18F3N3/c1-4-10-7-11(21(3)20-10)8-14(19-2)9-5-12(16)15(18)13(17)6-9/h5-7,14,19H,4,8H2,1-3H3. The molecular weight excluding hydrogens is 279 g/mol. The van der Waals surface area contributed by atoms with E-state index in [0.717, 1.165) is 29.9 Å². The lowest BCUT2D eigenvalue weighted by Crippen LogP contribution is -2.20. The minimum Gasteiger partial charge on any atom is -0.313 e. The first-order valence-corrected chi connectivity index (χ1v) is 6.79. The molecule has 0 aliphatic rings. The lowest BCUT2D eigenvalue weighted by molar-refractivity contribution is 0.440. The molecule has 1 unspecified atom stereocenters. The molecule has 1 aromatic carbocycles. The molecule has 0 amide bonds. The monoisotopic (exact) mass is 297 g/mol. The number of hydrogen-bond acceptors (Lipinski definition) is 2. The average molecular weight is 297 g/mol. The Morgan fingerprint density at radius 2 is 1.81 bits per heavy atom. The van der Waals surface area contributed by atoms with E-state index in [2.05, 4.69) is 10.4 Å². The van der Waals surface area contributed by atoms with Crippen LogP contribution in [0.3, 0.4) is 0 Å². The zero-order valence-electron chi connectivity index (χ0n) is 12.3. The molecular formula is C15H18F3N3. The first kappa shape index (κ1) is 15.6. The summed E-state index contributed by atoms with van der Waals surface area (Å²) in [7, 11) is 3.52. The van der Waals surface area contributed by atoms with E-state index >= 15 is 0 Å². The third-order valence-corrected chi connectivity index (χ3v) is 3.56. The van der Waals surface area contributed by atoms with Gasteiger partial charge in [0.1, 0.15) is 0 Å². The van der Waals surface area contributed by atoms with Crippen LogP contribution in [0, 0.1) is 17.5 Å². The quantitative estimate of drug-likeness (QED) is 0.860. The SMILES string of the molecule is CCc1cc(CC(NC)c2cc(F)c(F)c(F)c2)n(C)n1. The minimum absolute atomic E-state index is 0.324. The highest BCUT2D eigenvalue weighted by Gasteiger charge is 2.18. The number of hydrogen-bond donors (Lipinski definition) is 1. The molecule has 0 spiro atoms. The number of nitrogens with one attached hydrogen (secondary N) is 1. The fourth-order valence-electron chi connectivity index (χ4n) is 2.31. The van der Waals surface area contributed by atoms with E-state index in [1.165, 1.54) is 0 Å². The fourth-order valence-corrected chi connectivity index (χ4v) is 2.31. The highest BCUT2D eigenvalue weighted by Crippen LogP contribution is 2.22. The Kier molecular flexibility index (Phi) is 4.67. The van der Waals surface area contributed by atoms with Crippen LogP contribution in [0.15, 0.2) is 18.2 Å². The molecule has 6 heteroatoms. The smallest absolute Gasteiger partial charge is 0.194 e. The Morgan fingerprint density at radius 1 is 1.19 bits per heavy atom. The lowest BCUT2D eigenvalue weighted by atomic mass is 10.0. The third kappa shape index (κ3) is 3.26. The van der Waals surface area contributed by atoms with Gasteiger partial charge in [0.05, 0.1) is 5.69 Å². The highest BCUT2D eigenvalue weighted by atomic mass is 19.2. The number of benzene rings is 1. The number of rotatable bonds is 5. The second-order valence-electron chi connectivity index (χ2n) is 4.95. The topological polar surface area (TPSA) is 29.9 Å². The van der Waals surface area contributed by atoms with Crippen LogP contribution >= 0.6 is 0 Å². The number of aromatic nitrogens is 2.